The van der Waals surface area contributed by atoms with Gasteiger partial charge >= 0.3 is 0 Å². The van der Waals surface area contributed by atoms with Crippen molar-refractivity contribution < 1.29 is 13.9 Å². The molecule has 2 rings (SSSR count). The maximum atomic E-state index is 12.9. The number of aryl methyl sites for hydroxylation is 1. The molecule has 4 heteroatoms. The van der Waals surface area contributed by atoms with Crippen LogP contribution in [0.25, 0.3) is 0 Å². The molecular formula is C14H10ClFO2. The first kappa shape index (κ1) is 12.6. The number of aldehydes is 1. The Hall–Kier alpha value is -1.87. The lowest BCUT2D eigenvalue weighted by molar-refractivity contribution is 0.112. The number of hydrogen-bond acceptors (Lipinski definition) is 2. The van der Waals surface area contributed by atoms with Crippen LogP contribution in [0.3, 0.4) is 0 Å². The van der Waals surface area contributed by atoms with E-state index in [1.54, 1.807) is 12.1 Å². The highest BCUT2D eigenvalue weighted by Crippen LogP contribution is 2.32. The van der Waals surface area contributed by atoms with Crippen molar-refractivity contribution in [3.8, 4) is 11.5 Å². The summed E-state index contributed by atoms with van der Waals surface area (Å²) in [6.45, 7) is 1.81. The molecule has 0 bridgehead atoms. The lowest BCUT2D eigenvalue weighted by atomic mass is 10.1. The van der Waals surface area contributed by atoms with Crippen LogP contribution in [-0.4, -0.2) is 6.29 Å². The Kier molecular flexibility index (Phi) is 3.63. The first-order valence-electron chi connectivity index (χ1n) is 5.29. The summed E-state index contributed by atoms with van der Waals surface area (Å²) in [5.74, 6) is 0.275. The van der Waals surface area contributed by atoms with Crippen LogP contribution >= 0.6 is 11.6 Å². The molecule has 0 unspecified atom stereocenters. The highest BCUT2D eigenvalue weighted by atomic mass is 35.5. The van der Waals surface area contributed by atoms with E-state index >= 15 is 0 Å². The molecular weight excluding hydrogens is 255 g/mol. The summed E-state index contributed by atoms with van der Waals surface area (Å²) in [6.07, 6.45) is 0.724. The first-order chi connectivity index (χ1) is 8.61. The molecule has 2 nitrogen and oxygen atoms in total. The molecule has 0 saturated heterocycles. The molecule has 0 atom stereocenters. The maximum absolute atomic E-state index is 12.9. The van der Waals surface area contributed by atoms with Crippen LogP contribution in [0.1, 0.15) is 15.9 Å². The van der Waals surface area contributed by atoms with E-state index in [2.05, 4.69) is 0 Å². The summed E-state index contributed by atoms with van der Waals surface area (Å²) >= 11 is 5.86. The average Bonchev–Trinajstić information content (AvgIpc) is 2.33. The van der Waals surface area contributed by atoms with Crippen LogP contribution in [0.4, 0.5) is 4.39 Å². The van der Waals surface area contributed by atoms with Gasteiger partial charge in [-0.25, -0.2) is 4.39 Å². The van der Waals surface area contributed by atoms with Crippen molar-refractivity contribution in [1.82, 2.24) is 0 Å². The number of carbonyl (C=O) groups excluding carboxylic acids is 1. The number of carbonyl (C=O) groups is 1. The average molecular weight is 265 g/mol. The van der Waals surface area contributed by atoms with Crippen LogP contribution in [0.15, 0.2) is 36.4 Å². The molecule has 0 radical (unpaired) electrons. The van der Waals surface area contributed by atoms with E-state index in [-0.39, 0.29) is 5.02 Å². The van der Waals surface area contributed by atoms with Crippen molar-refractivity contribution in [3.63, 3.8) is 0 Å². The third-order valence-electron chi connectivity index (χ3n) is 2.52. The molecule has 0 heterocycles. The highest BCUT2D eigenvalue weighted by molar-refractivity contribution is 6.32. The monoisotopic (exact) mass is 264 g/mol. The predicted molar refractivity (Wildman–Crippen MR) is 68.1 cm³/mol. The third kappa shape index (κ3) is 2.51. The Labute approximate surface area is 109 Å². The van der Waals surface area contributed by atoms with Gasteiger partial charge in [0.05, 0.1) is 10.6 Å². The van der Waals surface area contributed by atoms with Crippen molar-refractivity contribution in [3.05, 3.63) is 58.4 Å². The quantitative estimate of drug-likeness (QED) is 0.769. The first-order valence-corrected chi connectivity index (χ1v) is 5.67. The van der Waals surface area contributed by atoms with E-state index in [1.807, 2.05) is 13.0 Å². The second-order valence-electron chi connectivity index (χ2n) is 3.78. The molecule has 0 amide bonds. The van der Waals surface area contributed by atoms with Crippen molar-refractivity contribution in [2.45, 2.75) is 6.92 Å². The van der Waals surface area contributed by atoms with Crippen LogP contribution in [0.5, 0.6) is 11.5 Å². The number of benzene rings is 2. The Morgan fingerprint density at radius 3 is 2.67 bits per heavy atom. The maximum Gasteiger partial charge on any atom is 0.154 e. The Morgan fingerprint density at radius 1 is 1.22 bits per heavy atom. The summed E-state index contributed by atoms with van der Waals surface area (Å²) in [5.41, 5.74) is 1.26. The van der Waals surface area contributed by atoms with E-state index in [1.165, 1.54) is 12.1 Å². The molecule has 2 aromatic rings. The molecule has 0 aliphatic heterocycles. The van der Waals surface area contributed by atoms with Gasteiger partial charge in [0.2, 0.25) is 0 Å². The van der Waals surface area contributed by atoms with E-state index in [9.17, 15) is 9.18 Å². The number of rotatable bonds is 3. The Morgan fingerprint density at radius 2 is 2.00 bits per heavy atom. The lowest BCUT2D eigenvalue weighted by Gasteiger charge is -2.10. The smallest absolute Gasteiger partial charge is 0.154 e. The van der Waals surface area contributed by atoms with Gasteiger partial charge in [-0.05, 0) is 36.8 Å². The summed E-state index contributed by atoms with van der Waals surface area (Å²) in [4.78, 5) is 11.0. The Balaban J connectivity index is 2.40. The summed E-state index contributed by atoms with van der Waals surface area (Å²) in [7, 11) is 0. The minimum absolute atomic E-state index is 0.161. The number of hydrogen-bond donors (Lipinski definition) is 0. The molecule has 0 aromatic heterocycles. The summed E-state index contributed by atoms with van der Waals surface area (Å²) in [6, 6.07) is 9.08. The third-order valence-corrected chi connectivity index (χ3v) is 2.81. The zero-order chi connectivity index (χ0) is 13.1. The van der Waals surface area contributed by atoms with E-state index in [0.29, 0.717) is 17.1 Å². The fourth-order valence-corrected chi connectivity index (χ4v) is 1.78. The summed E-state index contributed by atoms with van der Waals surface area (Å²) < 4.78 is 18.4. The minimum atomic E-state index is -0.438. The van der Waals surface area contributed by atoms with Gasteiger partial charge in [0, 0.05) is 0 Å². The predicted octanol–water partition coefficient (Wildman–Crippen LogP) is 4.39. The molecule has 0 spiro atoms. The largest absolute Gasteiger partial charge is 0.455 e. The van der Waals surface area contributed by atoms with Gasteiger partial charge in [-0.1, -0.05) is 23.7 Å². The minimum Gasteiger partial charge on any atom is -0.455 e. The van der Waals surface area contributed by atoms with Crippen LogP contribution in [-0.2, 0) is 0 Å². The second-order valence-corrected chi connectivity index (χ2v) is 4.19. The molecule has 0 saturated carbocycles. The van der Waals surface area contributed by atoms with Crippen molar-refractivity contribution >= 4 is 17.9 Å². The van der Waals surface area contributed by atoms with E-state index in [4.69, 9.17) is 16.3 Å². The second kappa shape index (κ2) is 5.19. The fraction of sp³-hybridized carbons (Fsp3) is 0.0714. The lowest BCUT2D eigenvalue weighted by Crippen LogP contribution is -1.94. The van der Waals surface area contributed by atoms with Gasteiger partial charge in [-0.3, -0.25) is 4.79 Å². The zero-order valence-electron chi connectivity index (χ0n) is 9.61. The molecule has 2 aromatic carbocycles. The number of halogens is 2. The van der Waals surface area contributed by atoms with Crippen molar-refractivity contribution in [1.29, 1.82) is 0 Å². The standard InChI is InChI=1S/C14H10ClFO2/c1-9-3-2-4-13(11(9)8-17)18-14-6-5-10(16)7-12(14)15/h2-8H,1H3. The normalized spacial score (nSPS) is 10.2. The van der Waals surface area contributed by atoms with Crippen LogP contribution in [0.2, 0.25) is 5.02 Å². The fourth-order valence-electron chi connectivity index (χ4n) is 1.57. The van der Waals surface area contributed by atoms with E-state index < -0.39 is 5.82 Å². The molecule has 0 aliphatic rings. The van der Waals surface area contributed by atoms with Crippen molar-refractivity contribution in [2.24, 2.45) is 0 Å². The summed E-state index contributed by atoms with van der Waals surface area (Å²) in [5, 5.41) is 0.161. The van der Waals surface area contributed by atoms with Gasteiger partial charge in [-0.2, -0.15) is 0 Å². The van der Waals surface area contributed by atoms with Gasteiger partial charge < -0.3 is 4.74 Å². The molecule has 0 aliphatic carbocycles. The molecule has 92 valence electrons. The highest BCUT2D eigenvalue weighted by Gasteiger charge is 2.09. The van der Waals surface area contributed by atoms with E-state index in [0.717, 1.165) is 17.9 Å². The van der Waals surface area contributed by atoms with Crippen molar-refractivity contribution in [2.75, 3.05) is 0 Å². The van der Waals surface area contributed by atoms with Gasteiger partial charge in [0.1, 0.15) is 17.3 Å². The Bertz CT molecular complexity index is 596. The van der Waals surface area contributed by atoms with Crippen LogP contribution in [0, 0.1) is 12.7 Å². The van der Waals surface area contributed by atoms with Gasteiger partial charge in [-0.15, -0.1) is 0 Å². The van der Waals surface area contributed by atoms with Gasteiger partial charge in [0.25, 0.3) is 0 Å². The van der Waals surface area contributed by atoms with Crippen LogP contribution < -0.4 is 4.74 Å². The zero-order valence-corrected chi connectivity index (χ0v) is 10.4. The number of ether oxygens (including phenoxy) is 1. The molecule has 0 N–H and O–H groups in total. The molecule has 0 fully saturated rings. The van der Waals surface area contributed by atoms with Gasteiger partial charge in [0.15, 0.2) is 6.29 Å². The molecule has 18 heavy (non-hydrogen) atoms. The topological polar surface area (TPSA) is 26.3 Å². The SMILES string of the molecule is Cc1cccc(Oc2ccc(F)cc2Cl)c1C=O.